The molecular formula is C23H30N4O4. The van der Waals surface area contributed by atoms with Gasteiger partial charge in [-0.1, -0.05) is 6.07 Å². The third kappa shape index (κ3) is 5.93. The molecule has 0 aliphatic heterocycles. The molecule has 0 atom stereocenters. The van der Waals surface area contributed by atoms with Crippen molar-refractivity contribution in [3.8, 4) is 11.5 Å². The van der Waals surface area contributed by atoms with E-state index < -0.39 is 0 Å². The molecule has 8 nitrogen and oxygen atoms in total. The second-order valence-corrected chi connectivity index (χ2v) is 7.78. The minimum atomic E-state index is -0.157. The van der Waals surface area contributed by atoms with E-state index in [-0.39, 0.29) is 24.3 Å². The van der Waals surface area contributed by atoms with E-state index in [2.05, 4.69) is 9.97 Å². The van der Waals surface area contributed by atoms with Crippen LogP contribution in [0.1, 0.15) is 41.0 Å². The average molecular weight is 427 g/mol. The summed E-state index contributed by atoms with van der Waals surface area (Å²) in [5.74, 6) is 1.20. The zero-order valence-corrected chi connectivity index (χ0v) is 18.6. The minimum Gasteiger partial charge on any atom is -0.493 e. The van der Waals surface area contributed by atoms with Crippen LogP contribution in [0.3, 0.4) is 0 Å². The van der Waals surface area contributed by atoms with Crippen LogP contribution < -0.4 is 9.47 Å². The molecule has 0 unspecified atom stereocenters. The topological polar surface area (TPSA) is 84.9 Å². The van der Waals surface area contributed by atoms with Crippen LogP contribution in [0.15, 0.2) is 30.6 Å². The third-order valence-corrected chi connectivity index (χ3v) is 5.42. The zero-order chi connectivity index (χ0) is 22.4. The van der Waals surface area contributed by atoms with Crippen LogP contribution in [0.5, 0.6) is 11.5 Å². The van der Waals surface area contributed by atoms with Gasteiger partial charge in [-0.05, 0) is 43.9 Å². The Morgan fingerprint density at radius 3 is 2.42 bits per heavy atom. The van der Waals surface area contributed by atoms with E-state index in [0.717, 1.165) is 24.1 Å². The fraction of sp³-hybridized carbons (Fsp3) is 0.478. The molecule has 0 spiro atoms. The van der Waals surface area contributed by atoms with E-state index in [4.69, 9.17) is 9.47 Å². The molecule has 166 valence electrons. The van der Waals surface area contributed by atoms with Crippen LogP contribution in [0.25, 0.3) is 0 Å². The molecule has 1 aromatic carbocycles. The summed E-state index contributed by atoms with van der Waals surface area (Å²) < 4.78 is 10.6. The predicted octanol–water partition coefficient (Wildman–Crippen LogP) is 2.50. The molecule has 2 aromatic rings. The summed E-state index contributed by atoms with van der Waals surface area (Å²) >= 11 is 0. The van der Waals surface area contributed by atoms with E-state index in [1.165, 1.54) is 6.20 Å². The van der Waals surface area contributed by atoms with Crippen LogP contribution in [0.2, 0.25) is 0 Å². The lowest BCUT2D eigenvalue weighted by atomic mass is 10.1. The number of aryl methyl sites for hydroxylation is 1. The SMILES string of the molecule is COc1ccc(CCN(C)C(=O)CCN(C(=O)c2cnc(C)cn2)C2CC2)cc1OC. The number of aromatic nitrogens is 2. The number of carbonyl (C=O) groups is 2. The van der Waals surface area contributed by atoms with E-state index in [1.807, 2.05) is 25.1 Å². The first-order valence-electron chi connectivity index (χ1n) is 10.5. The molecule has 1 aliphatic rings. The summed E-state index contributed by atoms with van der Waals surface area (Å²) in [4.78, 5) is 37.3. The van der Waals surface area contributed by atoms with Gasteiger partial charge in [0.25, 0.3) is 5.91 Å². The van der Waals surface area contributed by atoms with E-state index in [1.54, 1.807) is 37.3 Å². The number of methoxy groups -OCH3 is 2. The van der Waals surface area contributed by atoms with Crippen LogP contribution in [-0.4, -0.2) is 72.0 Å². The summed E-state index contributed by atoms with van der Waals surface area (Å²) in [5, 5.41) is 0. The normalized spacial score (nSPS) is 12.9. The summed E-state index contributed by atoms with van der Waals surface area (Å²) in [6.45, 7) is 2.80. The fourth-order valence-electron chi connectivity index (χ4n) is 3.35. The summed E-state index contributed by atoms with van der Waals surface area (Å²) in [5.41, 5.74) is 2.15. The monoisotopic (exact) mass is 426 g/mol. The number of benzene rings is 1. The number of ether oxygens (including phenoxy) is 2. The molecule has 3 rings (SSSR count). The molecule has 8 heteroatoms. The molecular weight excluding hydrogens is 396 g/mol. The van der Waals surface area contributed by atoms with Crippen molar-refractivity contribution in [2.24, 2.45) is 0 Å². The number of hydrogen-bond acceptors (Lipinski definition) is 6. The maximum Gasteiger partial charge on any atom is 0.274 e. The van der Waals surface area contributed by atoms with Crippen LogP contribution in [-0.2, 0) is 11.2 Å². The highest BCUT2D eigenvalue weighted by Crippen LogP contribution is 2.29. The van der Waals surface area contributed by atoms with Gasteiger partial charge in [-0.2, -0.15) is 0 Å². The van der Waals surface area contributed by atoms with Crippen LogP contribution in [0, 0.1) is 6.92 Å². The molecule has 1 aromatic heterocycles. The molecule has 1 heterocycles. The van der Waals surface area contributed by atoms with Crippen LogP contribution in [0.4, 0.5) is 0 Å². The molecule has 2 amide bonds. The number of likely N-dealkylation sites (N-methyl/N-ethyl adjacent to an activating group) is 1. The molecule has 0 bridgehead atoms. The van der Waals surface area contributed by atoms with Gasteiger partial charge in [-0.15, -0.1) is 0 Å². The number of carbonyl (C=O) groups excluding carboxylic acids is 2. The van der Waals surface area contributed by atoms with Gasteiger partial charge in [-0.25, -0.2) is 4.98 Å². The quantitative estimate of drug-likeness (QED) is 0.580. The first-order valence-corrected chi connectivity index (χ1v) is 10.5. The fourth-order valence-corrected chi connectivity index (χ4v) is 3.35. The Balaban J connectivity index is 1.52. The lowest BCUT2D eigenvalue weighted by Gasteiger charge is -2.24. The van der Waals surface area contributed by atoms with E-state index >= 15 is 0 Å². The molecule has 0 radical (unpaired) electrons. The van der Waals surface area contributed by atoms with Crippen molar-refractivity contribution in [1.29, 1.82) is 0 Å². The number of nitrogens with zero attached hydrogens (tertiary/aromatic N) is 4. The third-order valence-electron chi connectivity index (χ3n) is 5.42. The molecule has 31 heavy (non-hydrogen) atoms. The highest BCUT2D eigenvalue weighted by molar-refractivity contribution is 5.92. The minimum absolute atomic E-state index is 0.00826. The van der Waals surface area contributed by atoms with Gasteiger partial charge in [0.2, 0.25) is 5.91 Å². The van der Waals surface area contributed by atoms with Crippen molar-refractivity contribution >= 4 is 11.8 Å². The highest BCUT2D eigenvalue weighted by atomic mass is 16.5. The molecule has 1 saturated carbocycles. The predicted molar refractivity (Wildman–Crippen MR) is 116 cm³/mol. The maximum atomic E-state index is 12.8. The standard InChI is InChI=1S/C23H30N4O4/c1-16-14-25-19(15-24-16)23(29)27(18-6-7-18)12-10-22(28)26(2)11-9-17-5-8-20(30-3)21(13-17)31-4/h5,8,13-15,18H,6-7,9-12H2,1-4H3. The van der Waals surface area contributed by atoms with Crippen molar-refractivity contribution in [1.82, 2.24) is 19.8 Å². The van der Waals surface area contributed by atoms with Gasteiger partial charge < -0.3 is 19.3 Å². The van der Waals surface area contributed by atoms with Gasteiger partial charge in [0, 0.05) is 38.8 Å². The van der Waals surface area contributed by atoms with Gasteiger partial charge in [0.05, 0.1) is 26.1 Å². The molecule has 0 N–H and O–H groups in total. The Kier molecular flexibility index (Phi) is 7.44. The van der Waals surface area contributed by atoms with Crippen molar-refractivity contribution in [2.75, 3.05) is 34.4 Å². The van der Waals surface area contributed by atoms with Gasteiger partial charge in [0.1, 0.15) is 5.69 Å². The van der Waals surface area contributed by atoms with Gasteiger partial charge >= 0.3 is 0 Å². The lowest BCUT2D eigenvalue weighted by Crippen LogP contribution is -2.38. The second kappa shape index (κ2) is 10.2. The van der Waals surface area contributed by atoms with E-state index in [0.29, 0.717) is 36.7 Å². The molecule has 1 aliphatic carbocycles. The summed E-state index contributed by atoms with van der Waals surface area (Å²) in [6, 6.07) is 5.95. The van der Waals surface area contributed by atoms with Crippen molar-refractivity contribution < 1.29 is 19.1 Å². The highest BCUT2D eigenvalue weighted by Gasteiger charge is 2.34. The lowest BCUT2D eigenvalue weighted by molar-refractivity contribution is -0.130. The Labute approximate surface area is 183 Å². The number of rotatable bonds is 10. The first-order chi connectivity index (χ1) is 14.9. The Morgan fingerprint density at radius 2 is 1.81 bits per heavy atom. The largest absolute Gasteiger partial charge is 0.493 e. The smallest absolute Gasteiger partial charge is 0.274 e. The number of amides is 2. The Bertz CT molecular complexity index is 912. The van der Waals surface area contributed by atoms with Gasteiger partial charge in [-0.3, -0.25) is 14.6 Å². The van der Waals surface area contributed by atoms with Gasteiger partial charge in [0.15, 0.2) is 11.5 Å². The second-order valence-electron chi connectivity index (χ2n) is 7.78. The molecule has 0 saturated heterocycles. The van der Waals surface area contributed by atoms with Crippen molar-refractivity contribution in [3.63, 3.8) is 0 Å². The van der Waals surface area contributed by atoms with Crippen LogP contribution >= 0.6 is 0 Å². The summed E-state index contributed by atoms with van der Waals surface area (Å²) in [7, 11) is 5.00. The van der Waals surface area contributed by atoms with Crippen molar-refractivity contribution in [3.05, 3.63) is 47.5 Å². The Morgan fingerprint density at radius 1 is 1.06 bits per heavy atom. The molecule has 1 fully saturated rings. The summed E-state index contributed by atoms with van der Waals surface area (Å²) in [6.07, 6.45) is 6.01. The van der Waals surface area contributed by atoms with Crippen molar-refractivity contribution in [2.45, 2.75) is 38.6 Å². The maximum absolute atomic E-state index is 12.8. The average Bonchev–Trinajstić information content (AvgIpc) is 3.62. The zero-order valence-electron chi connectivity index (χ0n) is 18.6. The Hall–Kier alpha value is -3.16. The first kappa shape index (κ1) is 22.5. The van der Waals surface area contributed by atoms with E-state index in [9.17, 15) is 9.59 Å². The number of hydrogen-bond donors (Lipinski definition) is 0.